The maximum atomic E-state index is 13.5. The average Bonchev–Trinajstić information content (AvgIpc) is 2.96. The van der Waals surface area contributed by atoms with Crippen LogP contribution in [0.5, 0.6) is 0 Å². The van der Waals surface area contributed by atoms with Crippen LogP contribution >= 0.6 is 0 Å². The maximum Gasteiger partial charge on any atom is 0.323 e. The normalized spacial score (nSPS) is 17.3. The molecule has 3 amide bonds. The first-order valence-electron chi connectivity index (χ1n) is 13.7. The molecular weight excluding hydrogens is 572 g/mol. The van der Waals surface area contributed by atoms with Crippen LogP contribution in [-0.4, -0.2) is 100 Å². The number of carboxylic acid groups (broad SMARTS) is 1. The van der Waals surface area contributed by atoms with E-state index in [0.29, 0.717) is 28.9 Å². The summed E-state index contributed by atoms with van der Waals surface area (Å²) in [7, 11) is 0. The Balaban J connectivity index is 1.62. The Kier molecular flexibility index (Phi) is 11.2. The summed E-state index contributed by atoms with van der Waals surface area (Å²) in [5, 5.41) is 45.6. The molecule has 0 radical (unpaired) electrons. The molecule has 1 aliphatic rings. The highest BCUT2D eigenvalue weighted by atomic mass is 16.4. The lowest BCUT2D eigenvalue weighted by atomic mass is 9.88. The Morgan fingerprint density at radius 3 is 1.89 bits per heavy atom. The predicted molar refractivity (Wildman–Crippen MR) is 163 cm³/mol. The van der Waals surface area contributed by atoms with Crippen LogP contribution in [0.15, 0.2) is 48.5 Å². The van der Waals surface area contributed by atoms with E-state index in [9.17, 15) is 29.4 Å². The fourth-order valence-electron chi connectivity index (χ4n) is 4.94. The molecule has 0 spiro atoms. The van der Waals surface area contributed by atoms with E-state index in [2.05, 4.69) is 21.3 Å². The summed E-state index contributed by atoms with van der Waals surface area (Å²) in [4.78, 5) is 52.9. The summed E-state index contributed by atoms with van der Waals surface area (Å²) in [5.74, 6) is -2.94. The van der Waals surface area contributed by atoms with Gasteiger partial charge in [0.2, 0.25) is 5.91 Å². The van der Waals surface area contributed by atoms with Crippen LogP contribution in [-0.2, 0) is 9.59 Å². The summed E-state index contributed by atoms with van der Waals surface area (Å²) in [5.41, 5.74) is 11.1. The first kappa shape index (κ1) is 33.3. The summed E-state index contributed by atoms with van der Waals surface area (Å²) in [6, 6.07) is 12.5. The van der Waals surface area contributed by atoms with Gasteiger partial charge in [-0.25, -0.2) is 0 Å². The summed E-state index contributed by atoms with van der Waals surface area (Å²) in [6.07, 6.45) is -0.760. The molecule has 0 aliphatic carbocycles. The number of benzene rings is 2. The number of carboxylic acids is 1. The number of anilines is 2. The van der Waals surface area contributed by atoms with Crippen molar-refractivity contribution in [3.05, 3.63) is 59.7 Å². The highest BCUT2D eigenvalue weighted by Crippen LogP contribution is 2.29. The minimum absolute atomic E-state index is 0.0710. The van der Waals surface area contributed by atoms with Crippen molar-refractivity contribution in [3.63, 3.8) is 0 Å². The Hall–Kier alpha value is -5.22. The SMILES string of the molecule is C[C@]1(CCCNC(=O)c2ccc(NC(=N)N)cc2)C(=O)N(CC(=O)O)CCN1C(O)CNC(=O)c1ccc(NC(=N)N)cc1. The zero-order chi connectivity index (χ0) is 32.4. The number of amides is 3. The van der Waals surface area contributed by atoms with E-state index in [4.69, 9.17) is 22.3 Å². The van der Waals surface area contributed by atoms with Gasteiger partial charge in [-0.15, -0.1) is 0 Å². The smallest absolute Gasteiger partial charge is 0.323 e. The van der Waals surface area contributed by atoms with Gasteiger partial charge in [0.15, 0.2) is 11.9 Å². The summed E-state index contributed by atoms with van der Waals surface area (Å²) < 4.78 is 0. The second-order valence-corrected chi connectivity index (χ2v) is 10.4. The minimum Gasteiger partial charge on any atom is -0.480 e. The lowest BCUT2D eigenvalue weighted by Gasteiger charge is -2.49. The number of hydrogen-bond donors (Lipinski definition) is 10. The van der Waals surface area contributed by atoms with Crippen molar-refractivity contribution < 1.29 is 29.4 Å². The minimum atomic E-state index is -1.32. The maximum absolute atomic E-state index is 13.5. The van der Waals surface area contributed by atoms with Crippen LogP contribution in [0.2, 0.25) is 0 Å². The third kappa shape index (κ3) is 8.89. The number of hydrogen-bond acceptors (Lipinski definition) is 8. The van der Waals surface area contributed by atoms with E-state index in [1.165, 1.54) is 21.9 Å². The number of aliphatic hydroxyl groups excluding tert-OH is 1. The molecule has 16 heteroatoms. The summed E-state index contributed by atoms with van der Waals surface area (Å²) >= 11 is 0. The monoisotopic (exact) mass is 610 g/mol. The second-order valence-electron chi connectivity index (χ2n) is 10.4. The van der Waals surface area contributed by atoms with Crippen LogP contribution in [0.25, 0.3) is 0 Å². The molecule has 12 N–H and O–H groups in total. The standard InChI is InChI=1S/C28H38N10O6/c1-28(11-2-12-33-23(42)17-3-7-19(8-4-17)35-26(29)30)25(44)37(16-22(40)41)13-14-38(28)21(39)15-34-24(43)18-5-9-20(10-6-18)36-27(31)32/h3-10,21,39H,2,11-16H2,1H3,(H,33,42)(H,34,43)(H,40,41)(H4,29,30,35)(H4,31,32,36)/t21?,28-/m0/s1. The number of aliphatic carboxylic acids is 1. The largest absolute Gasteiger partial charge is 0.480 e. The van der Waals surface area contributed by atoms with E-state index in [0.717, 1.165) is 0 Å². The lowest BCUT2D eigenvalue weighted by Crippen LogP contribution is -2.68. The van der Waals surface area contributed by atoms with Gasteiger partial charge < -0.3 is 47.8 Å². The molecule has 1 fully saturated rings. The second kappa shape index (κ2) is 14.8. The number of aliphatic hydroxyl groups is 1. The fraction of sp³-hybridized carbons (Fsp3) is 0.357. The molecule has 1 aliphatic heterocycles. The lowest BCUT2D eigenvalue weighted by molar-refractivity contribution is -0.167. The van der Waals surface area contributed by atoms with E-state index < -0.39 is 36.1 Å². The quantitative estimate of drug-likeness (QED) is 0.0788. The molecule has 2 atom stereocenters. The molecule has 0 saturated carbocycles. The fourth-order valence-corrected chi connectivity index (χ4v) is 4.94. The number of nitrogens with two attached hydrogens (primary N) is 2. The number of carbonyl (C=O) groups is 4. The molecule has 1 heterocycles. The molecule has 236 valence electrons. The Labute approximate surface area is 253 Å². The van der Waals surface area contributed by atoms with Gasteiger partial charge in [-0.1, -0.05) is 0 Å². The molecule has 0 aromatic heterocycles. The van der Waals surface area contributed by atoms with Crippen LogP contribution in [0.4, 0.5) is 11.4 Å². The predicted octanol–water partition coefficient (Wildman–Crippen LogP) is -0.457. The molecule has 16 nitrogen and oxygen atoms in total. The number of piperazine rings is 1. The number of nitrogens with one attached hydrogen (secondary N) is 6. The van der Waals surface area contributed by atoms with Crippen molar-refractivity contribution in [1.82, 2.24) is 20.4 Å². The van der Waals surface area contributed by atoms with E-state index in [1.807, 2.05) is 0 Å². The molecule has 0 bridgehead atoms. The first-order valence-corrected chi connectivity index (χ1v) is 13.7. The molecule has 3 rings (SSSR count). The zero-order valence-corrected chi connectivity index (χ0v) is 24.2. The van der Waals surface area contributed by atoms with Crippen LogP contribution in [0.1, 0.15) is 40.5 Å². The van der Waals surface area contributed by atoms with Crippen LogP contribution in [0, 0.1) is 10.8 Å². The molecule has 1 saturated heterocycles. The van der Waals surface area contributed by atoms with Crippen LogP contribution in [0.3, 0.4) is 0 Å². The Morgan fingerprint density at radius 1 is 0.909 bits per heavy atom. The van der Waals surface area contributed by atoms with Crippen molar-refractivity contribution in [2.24, 2.45) is 11.5 Å². The van der Waals surface area contributed by atoms with Gasteiger partial charge in [0.05, 0.1) is 12.1 Å². The Bertz CT molecular complexity index is 1380. The number of nitrogens with zero attached hydrogens (tertiary/aromatic N) is 2. The molecule has 2 aromatic rings. The average molecular weight is 611 g/mol. The van der Waals surface area contributed by atoms with Gasteiger partial charge in [-0.05, 0) is 68.3 Å². The molecular formula is C28H38N10O6. The number of guanidine groups is 2. The molecule has 1 unspecified atom stereocenters. The molecule has 44 heavy (non-hydrogen) atoms. The van der Waals surface area contributed by atoms with E-state index >= 15 is 0 Å². The van der Waals surface area contributed by atoms with Gasteiger partial charge in [0.25, 0.3) is 11.8 Å². The third-order valence-corrected chi connectivity index (χ3v) is 7.10. The van der Waals surface area contributed by atoms with E-state index in [1.54, 1.807) is 43.3 Å². The number of carbonyl (C=O) groups excluding carboxylic acids is 3. The highest BCUT2D eigenvalue weighted by molar-refractivity contribution is 5.96. The zero-order valence-electron chi connectivity index (χ0n) is 24.2. The topological polar surface area (TPSA) is 263 Å². The molecule has 2 aromatic carbocycles. The van der Waals surface area contributed by atoms with Crippen molar-refractivity contribution in [2.45, 2.75) is 31.5 Å². The highest BCUT2D eigenvalue weighted by Gasteiger charge is 2.47. The third-order valence-electron chi connectivity index (χ3n) is 7.10. The van der Waals surface area contributed by atoms with Crippen molar-refractivity contribution in [1.29, 1.82) is 10.8 Å². The summed E-state index contributed by atoms with van der Waals surface area (Å²) in [6.45, 7) is 1.33. The van der Waals surface area contributed by atoms with Gasteiger partial charge in [0, 0.05) is 42.1 Å². The van der Waals surface area contributed by atoms with Gasteiger partial charge in [-0.2, -0.15) is 0 Å². The van der Waals surface area contributed by atoms with Gasteiger partial charge in [0.1, 0.15) is 12.8 Å². The van der Waals surface area contributed by atoms with E-state index in [-0.39, 0.29) is 50.4 Å². The van der Waals surface area contributed by atoms with Gasteiger partial charge in [-0.3, -0.25) is 34.9 Å². The van der Waals surface area contributed by atoms with Gasteiger partial charge >= 0.3 is 5.97 Å². The van der Waals surface area contributed by atoms with Crippen molar-refractivity contribution in [3.8, 4) is 0 Å². The Morgan fingerprint density at radius 2 is 1.41 bits per heavy atom. The van der Waals surface area contributed by atoms with Crippen molar-refractivity contribution >= 4 is 47.0 Å². The number of rotatable bonds is 13. The van der Waals surface area contributed by atoms with Crippen LogP contribution < -0.4 is 32.7 Å². The van der Waals surface area contributed by atoms with Crippen molar-refractivity contribution in [2.75, 3.05) is 43.4 Å². The first-order chi connectivity index (χ1) is 20.8.